The first-order chi connectivity index (χ1) is 5.68. The van der Waals surface area contributed by atoms with Crippen LogP contribution < -0.4 is 5.32 Å². The molecule has 12 heavy (non-hydrogen) atoms. The van der Waals surface area contributed by atoms with Gasteiger partial charge in [-0.15, -0.1) is 0 Å². The summed E-state index contributed by atoms with van der Waals surface area (Å²) in [5, 5.41) is 3.78. The maximum absolute atomic E-state index is 5.70. The Bertz CT molecular complexity index is 296. The molecule has 4 heteroatoms. The number of nitrogens with one attached hydrogen (secondary N) is 1. The Kier molecular flexibility index (Phi) is 1.68. The third kappa shape index (κ3) is 1.67. The van der Waals surface area contributed by atoms with Crippen LogP contribution in [0, 0.1) is 0 Å². The summed E-state index contributed by atoms with van der Waals surface area (Å²) in [5.74, 6) is 0.815. The number of rotatable bonds is 2. The van der Waals surface area contributed by atoms with Crippen molar-refractivity contribution < 1.29 is 0 Å². The van der Waals surface area contributed by atoms with Gasteiger partial charge in [0.25, 0.3) is 0 Å². The van der Waals surface area contributed by atoms with E-state index in [1.165, 1.54) is 19.2 Å². The van der Waals surface area contributed by atoms with Crippen molar-refractivity contribution in [2.75, 3.05) is 5.32 Å². The first-order valence-corrected chi connectivity index (χ1v) is 4.32. The summed E-state index contributed by atoms with van der Waals surface area (Å²) in [7, 11) is 0. The average molecular weight is 184 g/mol. The van der Waals surface area contributed by atoms with Crippen molar-refractivity contribution >= 4 is 17.4 Å². The summed E-state index contributed by atoms with van der Waals surface area (Å²) >= 11 is 5.70. The summed E-state index contributed by atoms with van der Waals surface area (Å²) in [4.78, 5) is 7.86. The molecule has 0 radical (unpaired) electrons. The van der Waals surface area contributed by atoms with Gasteiger partial charge < -0.3 is 5.32 Å². The van der Waals surface area contributed by atoms with E-state index < -0.39 is 0 Å². The van der Waals surface area contributed by atoms with Crippen LogP contribution in [0.1, 0.15) is 19.8 Å². The molecule has 0 aromatic carbocycles. The first-order valence-electron chi connectivity index (χ1n) is 3.94. The number of nitrogens with zero attached hydrogens (tertiary/aromatic N) is 2. The van der Waals surface area contributed by atoms with E-state index in [1.807, 2.05) is 0 Å². The molecule has 1 aliphatic carbocycles. The Morgan fingerprint density at radius 3 is 2.83 bits per heavy atom. The van der Waals surface area contributed by atoms with Gasteiger partial charge in [0.05, 0.1) is 0 Å². The molecule has 1 aromatic heterocycles. The summed E-state index contributed by atoms with van der Waals surface area (Å²) in [6.45, 7) is 2.17. The van der Waals surface area contributed by atoms with Crippen molar-refractivity contribution in [3.05, 3.63) is 17.5 Å². The minimum absolute atomic E-state index is 0.248. The predicted octanol–water partition coefficient (Wildman–Crippen LogP) is 2.09. The van der Waals surface area contributed by atoms with Gasteiger partial charge in [-0.05, 0) is 19.8 Å². The van der Waals surface area contributed by atoms with Gasteiger partial charge >= 0.3 is 0 Å². The van der Waals surface area contributed by atoms with E-state index in [0.717, 1.165) is 5.82 Å². The van der Waals surface area contributed by atoms with Crippen LogP contribution in [-0.2, 0) is 0 Å². The van der Waals surface area contributed by atoms with Crippen molar-refractivity contribution in [1.82, 2.24) is 9.97 Å². The van der Waals surface area contributed by atoms with Gasteiger partial charge in [-0.3, -0.25) is 0 Å². The van der Waals surface area contributed by atoms with Crippen LogP contribution in [0.3, 0.4) is 0 Å². The Morgan fingerprint density at radius 2 is 2.25 bits per heavy atom. The number of anilines is 1. The lowest BCUT2D eigenvalue weighted by Gasteiger charge is -2.11. The third-order valence-electron chi connectivity index (χ3n) is 2.06. The zero-order chi connectivity index (χ0) is 8.60. The molecule has 0 unspecified atom stereocenters. The average Bonchev–Trinajstić information content (AvgIpc) is 2.67. The van der Waals surface area contributed by atoms with Gasteiger partial charge in [-0.25, -0.2) is 9.97 Å². The molecule has 3 nitrogen and oxygen atoms in total. The molecule has 0 bridgehead atoms. The molecule has 1 saturated carbocycles. The Morgan fingerprint density at radius 1 is 1.50 bits per heavy atom. The molecular formula is C8H10ClN3. The Labute approximate surface area is 76.2 Å². The molecule has 0 saturated heterocycles. The van der Waals surface area contributed by atoms with Crippen molar-refractivity contribution in [1.29, 1.82) is 0 Å². The second-order valence-electron chi connectivity index (χ2n) is 3.41. The highest BCUT2D eigenvalue weighted by Crippen LogP contribution is 2.37. The summed E-state index contributed by atoms with van der Waals surface area (Å²) < 4.78 is 0. The zero-order valence-corrected chi connectivity index (χ0v) is 7.60. The van der Waals surface area contributed by atoms with Crippen LogP contribution in [0.5, 0.6) is 0 Å². The lowest BCUT2D eigenvalue weighted by Crippen LogP contribution is -2.16. The first kappa shape index (κ1) is 7.80. The quantitative estimate of drug-likeness (QED) is 0.714. The van der Waals surface area contributed by atoms with Gasteiger partial charge in [-0.2, -0.15) is 0 Å². The van der Waals surface area contributed by atoms with E-state index in [2.05, 4.69) is 22.2 Å². The molecule has 1 fully saturated rings. The van der Waals surface area contributed by atoms with Crippen LogP contribution in [0.4, 0.5) is 5.82 Å². The van der Waals surface area contributed by atoms with Gasteiger partial charge in [0.15, 0.2) is 0 Å². The topological polar surface area (TPSA) is 37.8 Å². The summed E-state index contributed by atoms with van der Waals surface area (Å²) in [5.41, 5.74) is 0.248. The summed E-state index contributed by atoms with van der Waals surface area (Å²) in [6, 6.07) is 1.74. The zero-order valence-electron chi connectivity index (χ0n) is 6.84. The van der Waals surface area contributed by atoms with Crippen LogP contribution in [0.2, 0.25) is 5.15 Å². The Balaban J connectivity index is 2.12. The van der Waals surface area contributed by atoms with Crippen molar-refractivity contribution in [3.63, 3.8) is 0 Å². The van der Waals surface area contributed by atoms with Crippen molar-refractivity contribution in [2.24, 2.45) is 0 Å². The standard InChI is InChI=1S/C8H10ClN3/c1-8(2-3-8)12-7-4-6(9)10-5-11-7/h4-5H,2-3H2,1H3,(H,10,11,12). The van der Waals surface area contributed by atoms with Crippen LogP contribution in [0.25, 0.3) is 0 Å². The monoisotopic (exact) mass is 183 g/mol. The lowest BCUT2D eigenvalue weighted by atomic mass is 10.3. The number of hydrogen-bond donors (Lipinski definition) is 1. The second-order valence-corrected chi connectivity index (χ2v) is 3.80. The fourth-order valence-corrected chi connectivity index (χ4v) is 1.17. The van der Waals surface area contributed by atoms with E-state index in [9.17, 15) is 0 Å². The molecule has 0 aliphatic heterocycles. The highest BCUT2D eigenvalue weighted by molar-refractivity contribution is 6.29. The van der Waals surface area contributed by atoms with Crippen molar-refractivity contribution in [3.8, 4) is 0 Å². The van der Waals surface area contributed by atoms with E-state index in [1.54, 1.807) is 6.07 Å². The fraction of sp³-hybridized carbons (Fsp3) is 0.500. The largest absolute Gasteiger partial charge is 0.365 e. The number of halogens is 1. The van der Waals surface area contributed by atoms with E-state index in [4.69, 9.17) is 11.6 Å². The van der Waals surface area contributed by atoms with E-state index in [0.29, 0.717) is 5.15 Å². The molecule has 0 amide bonds. The number of hydrogen-bond acceptors (Lipinski definition) is 3. The molecule has 1 heterocycles. The highest BCUT2D eigenvalue weighted by atomic mass is 35.5. The second kappa shape index (κ2) is 2.59. The molecule has 1 aliphatic rings. The molecule has 64 valence electrons. The van der Waals surface area contributed by atoms with Gasteiger partial charge in [0.1, 0.15) is 17.3 Å². The maximum atomic E-state index is 5.70. The SMILES string of the molecule is CC1(Nc2cc(Cl)ncn2)CC1. The minimum Gasteiger partial charge on any atom is -0.365 e. The fourth-order valence-electron chi connectivity index (χ4n) is 1.02. The molecule has 0 spiro atoms. The lowest BCUT2D eigenvalue weighted by molar-refractivity contribution is 0.819. The predicted molar refractivity (Wildman–Crippen MR) is 48.3 cm³/mol. The van der Waals surface area contributed by atoms with E-state index in [-0.39, 0.29) is 5.54 Å². The number of aromatic nitrogens is 2. The Hall–Kier alpha value is -0.830. The van der Waals surface area contributed by atoms with Gasteiger partial charge in [-0.1, -0.05) is 11.6 Å². The maximum Gasteiger partial charge on any atom is 0.134 e. The molecule has 2 rings (SSSR count). The third-order valence-corrected chi connectivity index (χ3v) is 2.27. The van der Waals surface area contributed by atoms with Crippen LogP contribution in [-0.4, -0.2) is 15.5 Å². The highest BCUT2D eigenvalue weighted by Gasteiger charge is 2.37. The molecular weight excluding hydrogens is 174 g/mol. The normalized spacial score (nSPS) is 18.8. The van der Waals surface area contributed by atoms with Crippen molar-refractivity contribution in [2.45, 2.75) is 25.3 Å². The van der Waals surface area contributed by atoms with Gasteiger partial charge in [0, 0.05) is 11.6 Å². The van der Waals surface area contributed by atoms with Gasteiger partial charge in [0.2, 0.25) is 0 Å². The van der Waals surface area contributed by atoms with Crippen LogP contribution >= 0.6 is 11.6 Å². The molecule has 1 aromatic rings. The summed E-state index contributed by atoms with van der Waals surface area (Å²) in [6.07, 6.45) is 3.87. The van der Waals surface area contributed by atoms with E-state index >= 15 is 0 Å². The van der Waals surface area contributed by atoms with Crippen LogP contribution in [0.15, 0.2) is 12.4 Å². The molecule has 1 N–H and O–H groups in total. The molecule has 0 atom stereocenters. The smallest absolute Gasteiger partial charge is 0.134 e. The minimum atomic E-state index is 0.248.